The van der Waals surface area contributed by atoms with E-state index >= 15 is 0 Å². The van der Waals surface area contributed by atoms with E-state index in [0.717, 1.165) is 20.9 Å². The summed E-state index contributed by atoms with van der Waals surface area (Å²) in [5.74, 6) is 0. The van der Waals surface area contributed by atoms with Crippen molar-refractivity contribution in [2.75, 3.05) is 0 Å². The summed E-state index contributed by atoms with van der Waals surface area (Å²) in [7, 11) is 3.17. The first-order chi connectivity index (χ1) is 10.8. The van der Waals surface area contributed by atoms with Gasteiger partial charge in [0.15, 0.2) is 0 Å². The van der Waals surface area contributed by atoms with E-state index in [1.54, 1.807) is 33.7 Å². The third-order valence-electron chi connectivity index (χ3n) is 2.79. The molecular formula is C16H12N2O2S2. The van der Waals surface area contributed by atoms with Crippen molar-refractivity contribution in [3.63, 3.8) is 0 Å². The summed E-state index contributed by atoms with van der Waals surface area (Å²) in [6.45, 7) is 0.647. The maximum atomic E-state index is 10.3. The van der Waals surface area contributed by atoms with Crippen molar-refractivity contribution < 1.29 is 9.59 Å². The first-order valence-corrected chi connectivity index (χ1v) is 8.57. The van der Waals surface area contributed by atoms with E-state index in [0.29, 0.717) is 13.1 Å². The van der Waals surface area contributed by atoms with Crippen LogP contribution < -0.4 is 0 Å². The van der Waals surface area contributed by atoms with Gasteiger partial charge in [0.25, 0.3) is 0 Å². The van der Waals surface area contributed by atoms with Gasteiger partial charge in [0.1, 0.15) is 0 Å². The highest BCUT2D eigenvalue weighted by atomic mass is 33.1. The normalized spacial score (nSPS) is 9.64. The topological polar surface area (TPSA) is 58.9 Å². The van der Waals surface area contributed by atoms with Gasteiger partial charge in [-0.25, -0.2) is 19.6 Å². The van der Waals surface area contributed by atoms with Gasteiger partial charge in [-0.2, -0.15) is 0 Å². The highest BCUT2D eigenvalue weighted by Gasteiger charge is 2.06. The van der Waals surface area contributed by atoms with E-state index in [2.05, 4.69) is 9.98 Å². The number of rotatable bonds is 7. The molecule has 0 atom stereocenters. The van der Waals surface area contributed by atoms with E-state index in [1.807, 2.05) is 48.5 Å². The summed E-state index contributed by atoms with van der Waals surface area (Å²) < 4.78 is 0. The van der Waals surface area contributed by atoms with Crippen LogP contribution >= 0.6 is 21.6 Å². The molecule has 2 rings (SSSR count). The van der Waals surface area contributed by atoms with Gasteiger partial charge in [-0.15, -0.1) is 0 Å². The second-order valence-corrected chi connectivity index (χ2v) is 6.41. The Kier molecular flexibility index (Phi) is 6.68. The number of benzene rings is 2. The van der Waals surface area contributed by atoms with Crippen molar-refractivity contribution in [3.8, 4) is 0 Å². The first-order valence-electron chi connectivity index (χ1n) is 6.42. The maximum Gasteiger partial charge on any atom is 0.235 e. The molecule has 0 aliphatic carbocycles. The van der Waals surface area contributed by atoms with E-state index in [-0.39, 0.29) is 0 Å². The Morgan fingerprint density at radius 3 is 1.55 bits per heavy atom. The minimum atomic E-state index is 0.324. The van der Waals surface area contributed by atoms with E-state index in [4.69, 9.17) is 0 Å². The van der Waals surface area contributed by atoms with Crippen molar-refractivity contribution in [1.29, 1.82) is 0 Å². The molecule has 0 N–H and O–H groups in total. The Bertz CT molecular complexity index is 673. The summed E-state index contributed by atoms with van der Waals surface area (Å²) in [5.41, 5.74) is 1.96. The third-order valence-corrected chi connectivity index (χ3v) is 5.36. The van der Waals surface area contributed by atoms with Gasteiger partial charge in [-0.1, -0.05) is 58.0 Å². The fourth-order valence-electron chi connectivity index (χ4n) is 1.76. The molecule has 0 bridgehead atoms. The lowest BCUT2D eigenvalue weighted by molar-refractivity contribution is 0.562. The summed E-state index contributed by atoms with van der Waals surface area (Å²) in [5, 5.41) is 0. The van der Waals surface area contributed by atoms with Crippen molar-refractivity contribution in [2.45, 2.75) is 22.9 Å². The van der Waals surface area contributed by atoms with Crippen LogP contribution in [0, 0.1) is 0 Å². The second kappa shape index (κ2) is 9.03. The Labute approximate surface area is 136 Å². The van der Waals surface area contributed by atoms with Crippen LogP contribution in [0.5, 0.6) is 0 Å². The molecule has 6 heteroatoms. The van der Waals surface area contributed by atoms with Crippen LogP contribution in [0.15, 0.2) is 68.3 Å². The highest BCUT2D eigenvalue weighted by molar-refractivity contribution is 8.76. The molecule has 0 aromatic heterocycles. The van der Waals surface area contributed by atoms with Crippen molar-refractivity contribution >= 4 is 33.7 Å². The second-order valence-electron chi connectivity index (χ2n) is 4.20. The van der Waals surface area contributed by atoms with E-state index < -0.39 is 0 Å². The molecule has 0 amide bonds. The number of aliphatic imine (C=N–C) groups is 2. The molecule has 0 saturated carbocycles. The third kappa shape index (κ3) is 4.72. The zero-order valence-electron chi connectivity index (χ0n) is 11.6. The van der Waals surface area contributed by atoms with Crippen LogP contribution in [0.4, 0.5) is 0 Å². The minimum Gasteiger partial charge on any atom is -0.211 e. The first kappa shape index (κ1) is 16.3. The molecule has 0 saturated heterocycles. The molecule has 2 aromatic carbocycles. The SMILES string of the molecule is O=C=NCc1ccccc1SSc1ccccc1CN=C=O. The lowest BCUT2D eigenvalue weighted by Crippen LogP contribution is -1.86. The zero-order valence-corrected chi connectivity index (χ0v) is 13.2. The van der Waals surface area contributed by atoms with Crippen molar-refractivity contribution in [2.24, 2.45) is 9.98 Å². The fourth-order valence-corrected chi connectivity index (χ4v) is 4.20. The molecule has 0 spiro atoms. The monoisotopic (exact) mass is 328 g/mol. The van der Waals surface area contributed by atoms with E-state index in [9.17, 15) is 9.59 Å². The fraction of sp³-hybridized carbons (Fsp3) is 0.125. The number of carbonyl (C=O) groups excluding carboxylic acids is 2. The van der Waals surface area contributed by atoms with E-state index in [1.165, 1.54) is 0 Å². The molecule has 110 valence electrons. The summed E-state index contributed by atoms with van der Waals surface area (Å²) >= 11 is 0. The lowest BCUT2D eigenvalue weighted by Gasteiger charge is -2.08. The molecule has 4 nitrogen and oxygen atoms in total. The molecular weight excluding hydrogens is 316 g/mol. The Balaban J connectivity index is 2.13. The molecule has 0 aliphatic rings. The standard InChI is InChI=1S/C16H12N2O2S2/c19-11-17-9-13-5-1-3-7-15(13)21-22-16-8-4-2-6-14(16)10-18-12-20/h1-8H,9-10H2. The van der Waals surface area contributed by atoms with Gasteiger partial charge in [0.05, 0.1) is 13.1 Å². The largest absolute Gasteiger partial charge is 0.235 e. The summed E-state index contributed by atoms with van der Waals surface area (Å²) in [4.78, 5) is 29.9. The van der Waals surface area contributed by atoms with Gasteiger partial charge in [-0.05, 0) is 23.3 Å². The number of isocyanates is 2. The van der Waals surface area contributed by atoms with Crippen LogP contribution in [0.1, 0.15) is 11.1 Å². The molecule has 2 aromatic rings. The Hall–Kier alpha value is -2.10. The molecule has 0 aliphatic heterocycles. The van der Waals surface area contributed by atoms with Gasteiger partial charge in [-0.3, -0.25) is 0 Å². The Morgan fingerprint density at radius 2 is 1.14 bits per heavy atom. The van der Waals surface area contributed by atoms with Crippen LogP contribution in [-0.4, -0.2) is 12.2 Å². The van der Waals surface area contributed by atoms with Crippen LogP contribution in [0.25, 0.3) is 0 Å². The quantitative estimate of drug-likeness (QED) is 0.435. The smallest absolute Gasteiger partial charge is 0.211 e. The molecule has 0 unspecified atom stereocenters. The van der Waals surface area contributed by atoms with Crippen LogP contribution in [0.3, 0.4) is 0 Å². The number of nitrogens with zero attached hydrogens (tertiary/aromatic N) is 2. The summed E-state index contributed by atoms with van der Waals surface area (Å²) in [6.07, 6.45) is 3.12. The average molecular weight is 328 g/mol. The molecule has 0 heterocycles. The zero-order chi connectivity index (χ0) is 15.6. The molecule has 22 heavy (non-hydrogen) atoms. The highest BCUT2D eigenvalue weighted by Crippen LogP contribution is 2.40. The van der Waals surface area contributed by atoms with Gasteiger partial charge in [0.2, 0.25) is 12.2 Å². The number of hydrogen-bond acceptors (Lipinski definition) is 6. The van der Waals surface area contributed by atoms with Crippen molar-refractivity contribution in [1.82, 2.24) is 0 Å². The van der Waals surface area contributed by atoms with Gasteiger partial charge >= 0.3 is 0 Å². The Morgan fingerprint density at radius 1 is 0.727 bits per heavy atom. The minimum absolute atomic E-state index is 0.324. The average Bonchev–Trinajstić information content (AvgIpc) is 2.57. The van der Waals surface area contributed by atoms with Gasteiger partial charge in [0, 0.05) is 9.79 Å². The lowest BCUT2D eigenvalue weighted by atomic mass is 10.2. The molecule has 0 radical (unpaired) electrons. The molecule has 0 fully saturated rings. The predicted molar refractivity (Wildman–Crippen MR) is 88.2 cm³/mol. The van der Waals surface area contributed by atoms with Gasteiger partial charge < -0.3 is 0 Å². The predicted octanol–water partition coefficient (Wildman–Crippen LogP) is 4.16. The van der Waals surface area contributed by atoms with Crippen LogP contribution in [-0.2, 0) is 22.7 Å². The van der Waals surface area contributed by atoms with Crippen LogP contribution in [0.2, 0.25) is 0 Å². The number of hydrogen-bond donors (Lipinski definition) is 0. The maximum absolute atomic E-state index is 10.3. The summed E-state index contributed by atoms with van der Waals surface area (Å²) in [6, 6.07) is 15.6. The van der Waals surface area contributed by atoms with Crippen molar-refractivity contribution in [3.05, 3.63) is 59.7 Å².